The second kappa shape index (κ2) is 3.79. The van der Waals surface area contributed by atoms with E-state index < -0.39 is 0 Å². The van der Waals surface area contributed by atoms with Crippen LogP contribution in [-0.2, 0) is 0 Å². The summed E-state index contributed by atoms with van der Waals surface area (Å²) in [5.41, 5.74) is 5.85. The van der Waals surface area contributed by atoms with Crippen molar-refractivity contribution in [2.75, 3.05) is 7.11 Å². The minimum Gasteiger partial charge on any atom is -0.480 e. The molecule has 0 amide bonds. The zero-order chi connectivity index (χ0) is 10.3. The van der Waals surface area contributed by atoms with Gasteiger partial charge in [-0.1, -0.05) is 0 Å². The van der Waals surface area contributed by atoms with E-state index >= 15 is 0 Å². The minimum atomic E-state index is 0.278. The summed E-state index contributed by atoms with van der Waals surface area (Å²) < 4.78 is 10.4. The Labute approximate surface area is 95.9 Å². The molecule has 0 spiro atoms. The molecule has 0 bridgehead atoms. The largest absolute Gasteiger partial charge is 0.480 e. The lowest BCUT2D eigenvalue weighted by atomic mass is 10.2. The lowest BCUT2D eigenvalue weighted by molar-refractivity contribution is 0.399. The molecule has 78 valence electrons. The van der Waals surface area contributed by atoms with Crippen molar-refractivity contribution in [3.05, 3.63) is 9.35 Å². The number of ether oxygens (including phenoxy) is 1. The SMILES string of the molecule is COc1nsc(C2CC2C(C)N)c1Br. The van der Waals surface area contributed by atoms with E-state index in [9.17, 15) is 0 Å². The van der Waals surface area contributed by atoms with E-state index in [-0.39, 0.29) is 6.04 Å². The van der Waals surface area contributed by atoms with Gasteiger partial charge in [-0.3, -0.25) is 0 Å². The van der Waals surface area contributed by atoms with E-state index in [0.717, 1.165) is 4.47 Å². The van der Waals surface area contributed by atoms with Crippen LogP contribution in [0.2, 0.25) is 0 Å². The number of methoxy groups -OCH3 is 1. The van der Waals surface area contributed by atoms with Gasteiger partial charge < -0.3 is 10.5 Å². The second-order valence-corrected chi connectivity index (χ2v) is 5.33. The number of hydrogen-bond acceptors (Lipinski definition) is 4. The number of rotatable bonds is 3. The van der Waals surface area contributed by atoms with E-state index in [1.807, 2.05) is 0 Å². The number of hydrogen-bond donors (Lipinski definition) is 1. The van der Waals surface area contributed by atoms with Gasteiger partial charge in [0.05, 0.1) is 11.6 Å². The third-order valence-corrected chi connectivity index (χ3v) is 4.67. The molecule has 1 fully saturated rings. The Hall–Kier alpha value is -0.130. The molecule has 3 atom stereocenters. The Morgan fingerprint density at radius 3 is 2.86 bits per heavy atom. The summed E-state index contributed by atoms with van der Waals surface area (Å²) in [6, 6.07) is 0.278. The van der Waals surface area contributed by atoms with Crippen molar-refractivity contribution in [1.82, 2.24) is 4.37 Å². The molecular formula is C9H13BrN2OS. The summed E-state index contributed by atoms with van der Waals surface area (Å²) in [4.78, 5) is 1.28. The maximum Gasteiger partial charge on any atom is 0.239 e. The van der Waals surface area contributed by atoms with Gasteiger partial charge in [-0.15, -0.1) is 0 Å². The summed E-state index contributed by atoms with van der Waals surface area (Å²) in [6.45, 7) is 2.07. The standard InChI is InChI=1S/C9H13BrN2OS/c1-4(11)5-3-6(5)8-7(10)9(13-2)12-14-8/h4-6H,3,11H2,1-2H3. The van der Waals surface area contributed by atoms with E-state index in [1.54, 1.807) is 7.11 Å². The van der Waals surface area contributed by atoms with Crippen molar-refractivity contribution in [3.63, 3.8) is 0 Å². The van der Waals surface area contributed by atoms with E-state index in [4.69, 9.17) is 10.5 Å². The van der Waals surface area contributed by atoms with Crippen LogP contribution in [-0.4, -0.2) is 17.5 Å². The Bertz CT molecular complexity index is 340. The molecule has 1 aliphatic rings. The lowest BCUT2D eigenvalue weighted by Crippen LogP contribution is -2.17. The third kappa shape index (κ3) is 1.68. The molecule has 3 nitrogen and oxygen atoms in total. The van der Waals surface area contributed by atoms with Crippen LogP contribution in [0.25, 0.3) is 0 Å². The van der Waals surface area contributed by atoms with Gasteiger partial charge >= 0.3 is 0 Å². The molecule has 0 radical (unpaired) electrons. The molecule has 3 unspecified atom stereocenters. The Morgan fingerprint density at radius 2 is 2.43 bits per heavy atom. The normalized spacial score (nSPS) is 27.4. The molecule has 1 heterocycles. The summed E-state index contributed by atoms with van der Waals surface area (Å²) in [7, 11) is 1.64. The van der Waals surface area contributed by atoms with Crippen molar-refractivity contribution in [2.45, 2.75) is 25.3 Å². The van der Waals surface area contributed by atoms with Crippen LogP contribution in [0.4, 0.5) is 0 Å². The smallest absolute Gasteiger partial charge is 0.239 e. The third-order valence-electron chi connectivity index (χ3n) is 2.68. The highest BCUT2D eigenvalue weighted by molar-refractivity contribution is 9.10. The first-order valence-corrected chi connectivity index (χ1v) is 6.16. The van der Waals surface area contributed by atoms with Crippen molar-refractivity contribution in [1.29, 1.82) is 0 Å². The fourth-order valence-corrected chi connectivity index (χ4v) is 3.53. The van der Waals surface area contributed by atoms with Crippen LogP contribution in [0.1, 0.15) is 24.1 Å². The van der Waals surface area contributed by atoms with Crippen molar-refractivity contribution in [2.24, 2.45) is 11.7 Å². The predicted octanol–water partition coefficient (Wildman–Crippen LogP) is 2.36. The summed E-state index contributed by atoms with van der Waals surface area (Å²) in [5, 5.41) is 0. The molecule has 14 heavy (non-hydrogen) atoms. The zero-order valence-corrected chi connectivity index (χ0v) is 10.6. The monoisotopic (exact) mass is 276 g/mol. The molecule has 1 aromatic rings. The molecule has 2 rings (SSSR count). The highest BCUT2D eigenvalue weighted by atomic mass is 79.9. The highest BCUT2D eigenvalue weighted by Gasteiger charge is 2.43. The summed E-state index contributed by atoms with van der Waals surface area (Å²) in [5.74, 6) is 1.91. The predicted molar refractivity (Wildman–Crippen MR) is 60.9 cm³/mol. The molecule has 1 aromatic heterocycles. The Balaban J connectivity index is 2.15. The number of halogens is 1. The highest BCUT2D eigenvalue weighted by Crippen LogP contribution is 2.53. The van der Waals surface area contributed by atoms with Gasteiger partial charge in [-0.05, 0) is 46.7 Å². The molecule has 0 saturated heterocycles. The number of aromatic nitrogens is 1. The zero-order valence-electron chi connectivity index (χ0n) is 8.16. The minimum absolute atomic E-state index is 0.278. The summed E-state index contributed by atoms with van der Waals surface area (Å²) >= 11 is 5.03. The number of nitrogens with zero attached hydrogens (tertiary/aromatic N) is 1. The van der Waals surface area contributed by atoms with Crippen LogP contribution in [0.3, 0.4) is 0 Å². The van der Waals surface area contributed by atoms with E-state index in [1.165, 1.54) is 22.8 Å². The number of nitrogens with two attached hydrogens (primary N) is 1. The fourth-order valence-electron chi connectivity index (χ4n) is 1.73. The Morgan fingerprint density at radius 1 is 1.71 bits per heavy atom. The molecule has 0 aliphatic heterocycles. The lowest BCUT2D eigenvalue weighted by Gasteiger charge is -2.01. The van der Waals surface area contributed by atoms with Crippen molar-refractivity contribution < 1.29 is 4.74 Å². The van der Waals surface area contributed by atoms with Crippen molar-refractivity contribution in [3.8, 4) is 5.88 Å². The van der Waals surface area contributed by atoms with Gasteiger partial charge in [0.15, 0.2) is 0 Å². The van der Waals surface area contributed by atoms with Gasteiger partial charge in [0.1, 0.15) is 0 Å². The summed E-state index contributed by atoms with van der Waals surface area (Å²) in [6.07, 6.45) is 1.18. The van der Waals surface area contributed by atoms with Gasteiger partial charge in [0.2, 0.25) is 5.88 Å². The van der Waals surface area contributed by atoms with Crippen LogP contribution < -0.4 is 10.5 Å². The molecular weight excluding hydrogens is 264 g/mol. The Kier molecular flexibility index (Phi) is 2.81. The average Bonchev–Trinajstić information content (AvgIpc) is 2.85. The fraction of sp³-hybridized carbons (Fsp3) is 0.667. The molecule has 1 saturated carbocycles. The first-order chi connectivity index (χ1) is 6.65. The maximum absolute atomic E-state index is 5.85. The molecule has 5 heteroatoms. The second-order valence-electron chi connectivity index (χ2n) is 3.74. The van der Waals surface area contributed by atoms with E-state index in [0.29, 0.717) is 17.7 Å². The van der Waals surface area contributed by atoms with Gasteiger partial charge in [0, 0.05) is 16.8 Å². The van der Waals surface area contributed by atoms with Crippen LogP contribution in [0, 0.1) is 5.92 Å². The maximum atomic E-state index is 5.85. The van der Waals surface area contributed by atoms with Gasteiger partial charge in [0.25, 0.3) is 0 Å². The molecule has 0 aromatic carbocycles. The topological polar surface area (TPSA) is 48.1 Å². The van der Waals surface area contributed by atoms with Crippen LogP contribution in [0.15, 0.2) is 4.47 Å². The van der Waals surface area contributed by atoms with Crippen LogP contribution in [0.5, 0.6) is 5.88 Å². The average molecular weight is 277 g/mol. The van der Waals surface area contributed by atoms with Gasteiger partial charge in [-0.25, -0.2) is 0 Å². The first kappa shape index (κ1) is 10.4. The van der Waals surface area contributed by atoms with E-state index in [2.05, 4.69) is 27.2 Å². The first-order valence-electron chi connectivity index (χ1n) is 4.59. The molecule has 2 N–H and O–H groups in total. The molecule has 1 aliphatic carbocycles. The van der Waals surface area contributed by atoms with Gasteiger partial charge in [-0.2, -0.15) is 4.37 Å². The van der Waals surface area contributed by atoms with Crippen LogP contribution >= 0.6 is 27.5 Å². The quantitative estimate of drug-likeness (QED) is 0.922. The van der Waals surface area contributed by atoms with Crippen molar-refractivity contribution >= 4 is 27.5 Å².